The molecule has 0 radical (unpaired) electrons. The molecule has 1 nitrogen and oxygen atoms in total. The van der Waals surface area contributed by atoms with E-state index in [0.717, 1.165) is 0 Å². The summed E-state index contributed by atoms with van der Waals surface area (Å²) in [6.45, 7) is 6.32. The molecule has 0 bridgehead atoms. The third-order valence-electron chi connectivity index (χ3n) is 2.48. The number of aryl methyl sites for hydroxylation is 3. The summed E-state index contributed by atoms with van der Waals surface area (Å²) in [5.74, 6) is 2.76. The Morgan fingerprint density at radius 1 is 1.21 bits per heavy atom. The van der Waals surface area contributed by atoms with E-state index in [1.165, 1.54) is 22.3 Å². The van der Waals surface area contributed by atoms with E-state index in [1.54, 1.807) is 0 Å². The van der Waals surface area contributed by atoms with Crippen molar-refractivity contribution in [1.82, 2.24) is 5.32 Å². The average molecular weight is 187 g/mol. The number of rotatable bonds is 2. The summed E-state index contributed by atoms with van der Waals surface area (Å²) in [5, 5.41) is 3.13. The second-order valence-electron chi connectivity index (χ2n) is 3.70. The van der Waals surface area contributed by atoms with Crippen molar-refractivity contribution in [3.8, 4) is 12.3 Å². The molecule has 1 unspecified atom stereocenters. The predicted molar refractivity (Wildman–Crippen MR) is 61.3 cm³/mol. The summed E-state index contributed by atoms with van der Waals surface area (Å²) in [7, 11) is 1.89. The second kappa shape index (κ2) is 4.30. The van der Waals surface area contributed by atoms with Crippen LogP contribution < -0.4 is 5.32 Å². The Bertz CT molecular complexity index is 348. The van der Waals surface area contributed by atoms with Gasteiger partial charge in [0.1, 0.15) is 0 Å². The van der Waals surface area contributed by atoms with Crippen LogP contribution in [0.15, 0.2) is 12.1 Å². The van der Waals surface area contributed by atoms with Crippen LogP contribution in [0.5, 0.6) is 0 Å². The van der Waals surface area contributed by atoms with E-state index in [2.05, 4.69) is 44.1 Å². The number of benzene rings is 1. The Labute approximate surface area is 86.5 Å². The topological polar surface area (TPSA) is 12.0 Å². The SMILES string of the molecule is C#CC(NC)c1c(C)cc(C)cc1C. The van der Waals surface area contributed by atoms with Crippen molar-refractivity contribution >= 4 is 0 Å². The first kappa shape index (κ1) is 10.8. The maximum atomic E-state index is 5.48. The van der Waals surface area contributed by atoms with Gasteiger partial charge in [-0.05, 0) is 44.5 Å². The minimum Gasteiger partial charge on any atom is -0.303 e. The molecular formula is C13H17N. The Hall–Kier alpha value is -1.26. The highest BCUT2D eigenvalue weighted by Crippen LogP contribution is 2.22. The van der Waals surface area contributed by atoms with Crippen LogP contribution in [0.4, 0.5) is 0 Å². The number of hydrogen-bond acceptors (Lipinski definition) is 1. The van der Waals surface area contributed by atoms with E-state index >= 15 is 0 Å². The molecule has 74 valence electrons. The zero-order valence-electron chi connectivity index (χ0n) is 9.31. The van der Waals surface area contributed by atoms with Crippen LogP contribution in [-0.4, -0.2) is 7.05 Å². The van der Waals surface area contributed by atoms with Crippen LogP contribution in [0, 0.1) is 33.1 Å². The summed E-state index contributed by atoms with van der Waals surface area (Å²) in [6, 6.07) is 4.36. The molecule has 1 atom stereocenters. The van der Waals surface area contributed by atoms with Crippen molar-refractivity contribution in [2.45, 2.75) is 26.8 Å². The summed E-state index contributed by atoms with van der Waals surface area (Å²) in [4.78, 5) is 0. The largest absolute Gasteiger partial charge is 0.303 e. The Kier molecular flexibility index (Phi) is 3.33. The monoisotopic (exact) mass is 187 g/mol. The van der Waals surface area contributed by atoms with Gasteiger partial charge in [-0.25, -0.2) is 0 Å². The Morgan fingerprint density at radius 3 is 2.07 bits per heavy atom. The van der Waals surface area contributed by atoms with E-state index in [0.29, 0.717) is 0 Å². The zero-order valence-corrected chi connectivity index (χ0v) is 9.31. The molecule has 0 aliphatic carbocycles. The fourth-order valence-electron chi connectivity index (χ4n) is 1.96. The molecule has 1 aromatic carbocycles. The fourth-order valence-corrected chi connectivity index (χ4v) is 1.96. The van der Waals surface area contributed by atoms with Crippen LogP contribution >= 0.6 is 0 Å². The Balaban J connectivity index is 3.28. The van der Waals surface area contributed by atoms with Crippen LogP contribution in [0.1, 0.15) is 28.3 Å². The molecule has 14 heavy (non-hydrogen) atoms. The van der Waals surface area contributed by atoms with Gasteiger partial charge in [0.25, 0.3) is 0 Å². The average Bonchev–Trinajstić information content (AvgIpc) is 2.10. The highest BCUT2D eigenvalue weighted by molar-refractivity contribution is 5.42. The summed E-state index contributed by atoms with van der Waals surface area (Å²) in [6.07, 6.45) is 5.48. The number of nitrogens with one attached hydrogen (secondary N) is 1. The van der Waals surface area contributed by atoms with Crippen molar-refractivity contribution in [3.63, 3.8) is 0 Å². The maximum Gasteiger partial charge on any atom is 0.0945 e. The molecule has 0 fully saturated rings. The normalized spacial score (nSPS) is 12.2. The van der Waals surface area contributed by atoms with Gasteiger partial charge in [-0.15, -0.1) is 6.42 Å². The van der Waals surface area contributed by atoms with Gasteiger partial charge in [0, 0.05) is 0 Å². The third kappa shape index (κ3) is 1.97. The zero-order chi connectivity index (χ0) is 10.7. The third-order valence-corrected chi connectivity index (χ3v) is 2.48. The lowest BCUT2D eigenvalue weighted by atomic mass is 9.94. The van der Waals surface area contributed by atoms with Crippen molar-refractivity contribution in [2.75, 3.05) is 7.05 Å². The van der Waals surface area contributed by atoms with Gasteiger partial charge in [0.05, 0.1) is 6.04 Å². The predicted octanol–water partition coefficient (Wildman–Crippen LogP) is 2.51. The molecular weight excluding hydrogens is 170 g/mol. The molecule has 0 aliphatic rings. The highest BCUT2D eigenvalue weighted by Gasteiger charge is 2.11. The smallest absolute Gasteiger partial charge is 0.0945 e. The number of hydrogen-bond donors (Lipinski definition) is 1. The first-order valence-electron chi connectivity index (χ1n) is 4.81. The first-order chi connectivity index (χ1) is 6.60. The fraction of sp³-hybridized carbons (Fsp3) is 0.385. The van der Waals surface area contributed by atoms with Gasteiger partial charge in [-0.3, -0.25) is 0 Å². The minimum absolute atomic E-state index is 0.0237. The standard InChI is InChI=1S/C13H17N/c1-6-12(14-5)13-10(3)7-9(2)8-11(13)4/h1,7-8,12,14H,2-5H3. The quantitative estimate of drug-likeness (QED) is 0.701. The molecule has 1 aromatic rings. The highest BCUT2D eigenvalue weighted by atomic mass is 14.9. The van der Waals surface area contributed by atoms with Gasteiger partial charge < -0.3 is 5.32 Å². The molecule has 0 saturated carbocycles. The maximum absolute atomic E-state index is 5.48. The first-order valence-corrected chi connectivity index (χ1v) is 4.81. The van der Waals surface area contributed by atoms with E-state index < -0.39 is 0 Å². The summed E-state index contributed by atoms with van der Waals surface area (Å²) in [5.41, 5.74) is 5.05. The summed E-state index contributed by atoms with van der Waals surface area (Å²) < 4.78 is 0. The second-order valence-corrected chi connectivity index (χ2v) is 3.70. The molecule has 1 N–H and O–H groups in total. The molecule has 1 heteroatoms. The van der Waals surface area contributed by atoms with Crippen molar-refractivity contribution in [1.29, 1.82) is 0 Å². The molecule has 0 spiro atoms. The van der Waals surface area contributed by atoms with E-state index in [9.17, 15) is 0 Å². The lowest BCUT2D eigenvalue weighted by Crippen LogP contribution is -2.16. The van der Waals surface area contributed by atoms with Gasteiger partial charge in [0.15, 0.2) is 0 Å². The van der Waals surface area contributed by atoms with Crippen LogP contribution in [0.3, 0.4) is 0 Å². The van der Waals surface area contributed by atoms with Crippen LogP contribution in [-0.2, 0) is 0 Å². The van der Waals surface area contributed by atoms with Crippen molar-refractivity contribution in [3.05, 3.63) is 34.4 Å². The van der Waals surface area contributed by atoms with Crippen molar-refractivity contribution in [2.24, 2.45) is 0 Å². The summed E-state index contributed by atoms with van der Waals surface area (Å²) >= 11 is 0. The number of terminal acetylenes is 1. The van der Waals surface area contributed by atoms with E-state index in [-0.39, 0.29) is 6.04 Å². The molecule has 0 heterocycles. The van der Waals surface area contributed by atoms with Gasteiger partial charge in [-0.2, -0.15) is 0 Å². The van der Waals surface area contributed by atoms with Crippen LogP contribution in [0.2, 0.25) is 0 Å². The molecule has 0 aliphatic heterocycles. The molecule has 0 amide bonds. The molecule has 0 saturated heterocycles. The lowest BCUT2D eigenvalue weighted by molar-refractivity contribution is 0.726. The molecule has 0 aromatic heterocycles. The Morgan fingerprint density at radius 2 is 1.71 bits per heavy atom. The minimum atomic E-state index is 0.0237. The van der Waals surface area contributed by atoms with Gasteiger partial charge in [-0.1, -0.05) is 23.6 Å². The molecule has 1 rings (SSSR count). The lowest BCUT2D eigenvalue weighted by Gasteiger charge is -2.16. The van der Waals surface area contributed by atoms with Crippen LogP contribution in [0.25, 0.3) is 0 Å². The van der Waals surface area contributed by atoms with E-state index in [1.807, 2.05) is 7.05 Å². The van der Waals surface area contributed by atoms with Crippen molar-refractivity contribution < 1.29 is 0 Å². The van der Waals surface area contributed by atoms with E-state index in [4.69, 9.17) is 6.42 Å². The van der Waals surface area contributed by atoms with Gasteiger partial charge in [0.2, 0.25) is 0 Å². The van der Waals surface area contributed by atoms with Gasteiger partial charge >= 0.3 is 0 Å².